The Morgan fingerprint density at radius 2 is 1.87 bits per heavy atom. The summed E-state index contributed by atoms with van der Waals surface area (Å²) < 4.78 is 0.985. The van der Waals surface area contributed by atoms with Crippen molar-refractivity contribution in [3.8, 4) is 0 Å². The molecular formula is C11H23BrN2O. The van der Waals surface area contributed by atoms with E-state index in [0.29, 0.717) is 0 Å². The molecule has 1 amide bonds. The minimum absolute atomic E-state index is 0. The van der Waals surface area contributed by atoms with E-state index in [4.69, 9.17) is 0 Å². The van der Waals surface area contributed by atoms with E-state index in [1.807, 2.05) is 7.05 Å². The molecule has 3 nitrogen and oxygen atoms in total. The van der Waals surface area contributed by atoms with E-state index in [2.05, 4.69) is 27.7 Å². The molecule has 4 heteroatoms. The zero-order valence-electron chi connectivity index (χ0n) is 10.3. The van der Waals surface area contributed by atoms with E-state index in [-0.39, 0.29) is 22.9 Å². The highest BCUT2D eigenvalue weighted by Crippen LogP contribution is 1.99. The van der Waals surface area contributed by atoms with Crippen LogP contribution in [0.3, 0.4) is 0 Å². The number of carbonyl (C=O) groups is 1. The van der Waals surface area contributed by atoms with Crippen molar-refractivity contribution < 1.29 is 26.3 Å². The molecule has 0 aliphatic rings. The first-order valence-corrected chi connectivity index (χ1v) is 5.05. The van der Waals surface area contributed by atoms with Gasteiger partial charge in [-0.3, -0.25) is 4.79 Å². The maximum absolute atomic E-state index is 11.1. The maximum atomic E-state index is 11.1. The highest BCUT2D eigenvalue weighted by Gasteiger charge is 2.07. The van der Waals surface area contributed by atoms with Gasteiger partial charge in [-0.1, -0.05) is 6.58 Å². The molecule has 0 aliphatic heterocycles. The van der Waals surface area contributed by atoms with Gasteiger partial charge >= 0.3 is 0 Å². The van der Waals surface area contributed by atoms with Gasteiger partial charge in [0.15, 0.2) is 0 Å². The van der Waals surface area contributed by atoms with Gasteiger partial charge < -0.3 is 26.4 Å². The third-order valence-electron chi connectivity index (χ3n) is 2.12. The lowest BCUT2D eigenvalue weighted by atomic mass is 10.2. The normalized spacial score (nSPS) is 10.4. The predicted molar refractivity (Wildman–Crippen MR) is 60.0 cm³/mol. The standard InChI is InChI=1S/C11H23N2O.BrH/c1-6-11(14)12(2)9-7-8-10-13(3,4)5;/h6H,1,7-10H2,2-5H3;1H/q+1;/p-1. The minimum atomic E-state index is 0. The van der Waals surface area contributed by atoms with Crippen LogP contribution in [-0.2, 0) is 4.79 Å². The van der Waals surface area contributed by atoms with Crippen molar-refractivity contribution in [2.45, 2.75) is 12.8 Å². The fraction of sp³-hybridized carbons (Fsp3) is 0.727. The van der Waals surface area contributed by atoms with Crippen LogP contribution in [0.15, 0.2) is 12.7 Å². The average Bonchev–Trinajstić information content (AvgIpc) is 2.09. The molecule has 0 aromatic carbocycles. The summed E-state index contributed by atoms with van der Waals surface area (Å²) in [5.74, 6) is 0.00949. The summed E-state index contributed by atoms with van der Waals surface area (Å²) >= 11 is 0. The molecule has 0 atom stereocenters. The Hall–Kier alpha value is -0.350. The zero-order valence-corrected chi connectivity index (χ0v) is 11.9. The molecule has 0 bridgehead atoms. The van der Waals surface area contributed by atoms with Crippen molar-refractivity contribution in [2.24, 2.45) is 0 Å². The lowest BCUT2D eigenvalue weighted by Gasteiger charge is -2.24. The molecule has 0 fully saturated rings. The Balaban J connectivity index is 0. The second-order valence-electron chi connectivity index (χ2n) is 4.68. The van der Waals surface area contributed by atoms with Crippen LogP contribution in [-0.4, -0.2) is 56.6 Å². The van der Waals surface area contributed by atoms with Crippen LogP contribution < -0.4 is 17.0 Å². The minimum Gasteiger partial charge on any atom is -1.00 e. The predicted octanol–water partition coefficient (Wildman–Crippen LogP) is -1.88. The summed E-state index contributed by atoms with van der Waals surface area (Å²) in [6.45, 7) is 5.43. The molecule has 0 rings (SSSR count). The number of quaternary nitrogens is 1. The van der Waals surface area contributed by atoms with Gasteiger partial charge in [-0.2, -0.15) is 0 Å². The van der Waals surface area contributed by atoms with Crippen LogP contribution in [0.25, 0.3) is 0 Å². The Kier molecular flexibility index (Phi) is 8.96. The van der Waals surface area contributed by atoms with Crippen LogP contribution >= 0.6 is 0 Å². The van der Waals surface area contributed by atoms with Crippen molar-refractivity contribution in [1.29, 1.82) is 0 Å². The number of amides is 1. The van der Waals surface area contributed by atoms with E-state index in [0.717, 1.165) is 30.4 Å². The third kappa shape index (κ3) is 9.94. The van der Waals surface area contributed by atoms with Crippen molar-refractivity contribution >= 4 is 5.91 Å². The van der Waals surface area contributed by atoms with Gasteiger partial charge in [0.25, 0.3) is 0 Å². The summed E-state index contributed by atoms with van der Waals surface area (Å²) in [7, 11) is 8.35. The molecule has 0 saturated heterocycles. The Morgan fingerprint density at radius 3 is 2.27 bits per heavy atom. The monoisotopic (exact) mass is 278 g/mol. The van der Waals surface area contributed by atoms with Gasteiger partial charge in [0.05, 0.1) is 27.7 Å². The second-order valence-corrected chi connectivity index (χ2v) is 4.68. The molecule has 0 aromatic rings. The summed E-state index contributed by atoms with van der Waals surface area (Å²) in [6.07, 6.45) is 3.57. The number of hydrogen-bond donors (Lipinski definition) is 0. The van der Waals surface area contributed by atoms with Crippen LogP contribution in [0.2, 0.25) is 0 Å². The van der Waals surface area contributed by atoms with E-state index < -0.39 is 0 Å². The van der Waals surface area contributed by atoms with Crippen molar-refractivity contribution in [3.05, 3.63) is 12.7 Å². The zero-order chi connectivity index (χ0) is 11.2. The lowest BCUT2D eigenvalue weighted by Crippen LogP contribution is -3.00. The van der Waals surface area contributed by atoms with Crippen LogP contribution in [0, 0.1) is 0 Å². The number of hydrogen-bond acceptors (Lipinski definition) is 1. The summed E-state index contributed by atoms with van der Waals surface area (Å²) in [6, 6.07) is 0. The summed E-state index contributed by atoms with van der Waals surface area (Å²) in [5.41, 5.74) is 0. The first-order valence-electron chi connectivity index (χ1n) is 5.05. The number of rotatable bonds is 6. The lowest BCUT2D eigenvalue weighted by molar-refractivity contribution is -0.870. The molecule has 0 unspecified atom stereocenters. The molecule has 15 heavy (non-hydrogen) atoms. The fourth-order valence-corrected chi connectivity index (χ4v) is 1.20. The average molecular weight is 279 g/mol. The first kappa shape index (κ1) is 17.1. The van der Waals surface area contributed by atoms with Crippen molar-refractivity contribution in [1.82, 2.24) is 4.90 Å². The topological polar surface area (TPSA) is 20.3 Å². The quantitative estimate of drug-likeness (QED) is 0.317. The van der Waals surface area contributed by atoms with E-state index >= 15 is 0 Å². The molecule has 0 saturated carbocycles. The molecule has 0 radical (unpaired) electrons. The molecule has 0 aliphatic carbocycles. The Labute approximate surface area is 104 Å². The van der Waals surface area contributed by atoms with Gasteiger partial charge in [0.1, 0.15) is 0 Å². The maximum Gasteiger partial charge on any atom is 0.245 e. The highest BCUT2D eigenvalue weighted by molar-refractivity contribution is 5.86. The van der Waals surface area contributed by atoms with Gasteiger partial charge in [-0.15, -0.1) is 0 Å². The molecule has 0 heterocycles. The first-order chi connectivity index (χ1) is 6.37. The van der Waals surface area contributed by atoms with Crippen molar-refractivity contribution in [2.75, 3.05) is 41.3 Å². The number of halogens is 1. The fourth-order valence-electron chi connectivity index (χ4n) is 1.20. The third-order valence-corrected chi connectivity index (χ3v) is 2.12. The molecular weight excluding hydrogens is 256 g/mol. The molecule has 0 aromatic heterocycles. The summed E-state index contributed by atoms with van der Waals surface area (Å²) in [4.78, 5) is 12.8. The second kappa shape index (κ2) is 7.88. The van der Waals surface area contributed by atoms with Crippen LogP contribution in [0.4, 0.5) is 0 Å². The number of nitrogens with zero attached hydrogens (tertiary/aromatic N) is 2. The number of carbonyl (C=O) groups excluding carboxylic acids is 1. The number of unbranched alkanes of at least 4 members (excludes halogenated alkanes) is 1. The largest absolute Gasteiger partial charge is 1.00 e. The molecule has 0 spiro atoms. The van der Waals surface area contributed by atoms with E-state index in [1.165, 1.54) is 6.08 Å². The Morgan fingerprint density at radius 1 is 1.33 bits per heavy atom. The van der Waals surface area contributed by atoms with Crippen LogP contribution in [0.1, 0.15) is 12.8 Å². The van der Waals surface area contributed by atoms with Gasteiger partial charge in [0, 0.05) is 13.6 Å². The van der Waals surface area contributed by atoms with Gasteiger partial charge in [-0.25, -0.2) is 0 Å². The number of likely N-dealkylation sites (N-methyl/N-ethyl adjacent to an activating group) is 1. The van der Waals surface area contributed by atoms with E-state index in [9.17, 15) is 4.79 Å². The van der Waals surface area contributed by atoms with E-state index in [1.54, 1.807) is 4.90 Å². The molecule has 0 N–H and O–H groups in total. The molecule has 90 valence electrons. The van der Waals surface area contributed by atoms with Crippen LogP contribution in [0.5, 0.6) is 0 Å². The smallest absolute Gasteiger partial charge is 0.245 e. The Bertz CT molecular complexity index is 199. The summed E-state index contributed by atoms with van der Waals surface area (Å²) in [5, 5.41) is 0. The highest BCUT2D eigenvalue weighted by atomic mass is 79.9. The van der Waals surface area contributed by atoms with Gasteiger partial charge in [0.2, 0.25) is 5.91 Å². The van der Waals surface area contributed by atoms with Crippen molar-refractivity contribution in [3.63, 3.8) is 0 Å². The SMILES string of the molecule is C=CC(=O)N(C)CCCC[N+](C)(C)C.[Br-]. The van der Waals surface area contributed by atoms with Gasteiger partial charge in [-0.05, 0) is 18.9 Å².